The molecule has 5 nitrogen and oxygen atoms in total. The summed E-state index contributed by atoms with van der Waals surface area (Å²) < 4.78 is 6.27. The zero-order chi connectivity index (χ0) is 15.2. The summed E-state index contributed by atoms with van der Waals surface area (Å²) in [6.07, 6.45) is 1.72. The number of hydrogen-bond acceptors (Lipinski definition) is 6. The molecule has 0 aliphatic rings. The molecule has 0 radical (unpaired) electrons. The molecule has 2 aromatic rings. The van der Waals surface area contributed by atoms with Crippen LogP contribution in [0.1, 0.15) is 35.6 Å². The molecule has 2 rings (SSSR count). The fourth-order valence-electron chi connectivity index (χ4n) is 1.84. The molecule has 7 heteroatoms. The van der Waals surface area contributed by atoms with Crippen molar-refractivity contribution < 1.29 is 4.74 Å². The van der Waals surface area contributed by atoms with Crippen molar-refractivity contribution in [3.8, 4) is 0 Å². The Morgan fingerprint density at radius 3 is 2.76 bits per heavy atom. The van der Waals surface area contributed by atoms with Crippen LogP contribution >= 0.6 is 33.9 Å². The van der Waals surface area contributed by atoms with E-state index in [0.717, 1.165) is 44.6 Å². The van der Waals surface area contributed by atoms with Gasteiger partial charge in [0.05, 0.1) is 22.3 Å². The van der Waals surface area contributed by atoms with E-state index in [2.05, 4.69) is 49.8 Å². The average molecular weight is 418 g/mol. The van der Waals surface area contributed by atoms with E-state index in [-0.39, 0.29) is 0 Å². The number of halogens is 1. The van der Waals surface area contributed by atoms with Gasteiger partial charge in [0.25, 0.3) is 0 Å². The lowest BCUT2D eigenvalue weighted by Gasteiger charge is -2.12. The number of nitrogens with zero attached hydrogens (tertiary/aromatic N) is 3. The highest BCUT2D eigenvalue weighted by Crippen LogP contribution is 2.22. The summed E-state index contributed by atoms with van der Waals surface area (Å²) in [7, 11) is 1.68. The summed E-state index contributed by atoms with van der Waals surface area (Å²) in [5.74, 6) is 1.68. The lowest BCUT2D eigenvalue weighted by Crippen LogP contribution is -2.11. The van der Waals surface area contributed by atoms with Gasteiger partial charge in [0.2, 0.25) is 0 Å². The van der Waals surface area contributed by atoms with E-state index >= 15 is 0 Å². The Bertz CT molecular complexity index is 603. The van der Waals surface area contributed by atoms with Gasteiger partial charge < -0.3 is 10.1 Å². The fraction of sp³-hybridized carbons (Fsp3) is 0.500. The Kier molecular flexibility index (Phi) is 6.31. The first-order chi connectivity index (χ1) is 10.1. The quantitative estimate of drug-likeness (QED) is 0.699. The average Bonchev–Trinajstić information content (AvgIpc) is 2.86. The molecule has 0 saturated heterocycles. The molecule has 0 atom stereocenters. The van der Waals surface area contributed by atoms with Crippen molar-refractivity contribution in [2.45, 2.75) is 33.3 Å². The summed E-state index contributed by atoms with van der Waals surface area (Å²) in [5.41, 5.74) is 1.97. The molecule has 0 spiro atoms. The van der Waals surface area contributed by atoms with Gasteiger partial charge in [-0.2, -0.15) is 0 Å². The number of anilines is 1. The zero-order valence-corrected chi connectivity index (χ0v) is 15.4. The van der Waals surface area contributed by atoms with Gasteiger partial charge in [0.1, 0.15) is 16.6 Å². The molecule has 0 aliphatic heterocycles. The predicted molar refractivity (Wildman–Crippen MR) is 93.9 cm³/mol. The molecular weight excluding hydrogens is 399 g/mol. The number of rotatable bonds is 7. The number of hydrogen-bond donors (Lipinski definition) is 1. The molecule has 0 saturated carbocycles. The minimum Gasteiger partial charge on any atom is -0.378 e. The zero-order valence-electron chi connectivity index (χ0n) is 12.4. The van der Waals surface area contributed by atoms with Crippen LogP contribution in [0.2, 0.25) is 0 Å². The molecule has 0 amide bonds. The molecule has 114 valence electrons. The normalized spacial score (nSPS) is 10.9. The number of methoxy groups -OCH3 is 1. The molecule has 2 heterocycles. The number of aromatic nitrogens is 3. The highest BCUT2D eigenvalue weighted by Gasteiger charge is 2.13. The summed E-state index contributed by atoms with van der Waals surface area (Å²) in [4.78, 5) is 13.7. The predicted octanol–water partition coefficient (Wildman–Crippen LogP) is 3.41. The third-order valence-corrected chi connectivity index (χ3v) is 4.87. The highest BCUT2D eigenvalue weighted by atomic mass is 127. The van der Waals surface area contributed by atoms with Crippen LogP contribution in [0.15, 0.2) is 5.38 Å². The Balaban J connectivity index is 2.28. The van der Waals surface area contributed by atoms with E-state index < -0.39 is 0 Å². The first-order valence-corrected chi connectivity index (χ1v) is 8.79. The van der Waals surface area contributed by atoms with Gasteiger partial charge in [0, 0.05) is 24.7 Å². The summed E-state index contributed by atoms with van der Waals surface area (Å²) >= 11 is 3.92. The first kappa shape index (κ1) is 16.6. The monoisotopic (exact) mass is 418 g/mol. The SMILES string of the molecule is CCCNc1nc(Cc2nc(C)cs2)nc(COC)c1I. The smallest absolute Gasteiger partial charge is 0.143 e. The Labute approximate surface area is 142 Å². The largest absolute Gasteiger partial charge is 0.378 e. The summed E-state index contributed by atoms with van der Waals surface area (Å²) in [6.45, 7) is 5.52. The van der Waals surface area contributed by atoms with Crippen molar-refractivity contribution in [3.63, 3.8) is 0 Å². The summed E-state index contributed by atoms with van der Waals surface area (Å²) in [6, 6.07) is 0. The van der Waals surface area contributed by atoms with Crippen LogP contribution in [-0.2, 0) is 17.8 Å². The van der Waals surface area contributed by atoms with Crippen LogP contribution in [0.25, 0.3) is 0 Å². The second kappa shape index (κ2) is 8.00. The van der Waals surface area contributed by atoms with Crippen LogP contribution < -0.4 is 5.32 Å². The van der Waals surface area contributed by atoms with Crippen LogP contribution in [0.4, 0.5) is 5.82 Å². The van der Waals surface area contributed by atoms with E-state index in [1.807, 2.05) is 12.3 Å². The fourth-order valence-corrected chi connectivity index (χ4v) is 3.19. The van der Waals surface area contributed by atoms with Gasteiger partial charge >= 0.3 is 0 Å². The van der Waals surface area contributed by atoms with E-state index in [0.29, 0.717) is 13.0 Å². The van der Waals surface area contributed by atoms with Crippen LogP contribution in [0, 0.1) is 10.5 Å². The highest BCUT2D eigenvalue weighted by molar-refractivity contribution is 14.1. The van der Waals surface area contributed by atoms with Crippen LogP contribution in [0.5, 0.6) is 0 Å². The molecule has 0 fully saturated rings. The van der Waals surface area contributed by atoms with Crippen molar-refractivity contribution in [1.29, 1.82) is 0 Å². The van der Waals surface area contributed by atoms with Gasteiger partial charge in [-0.25, -0.2) is 15.0 Å². The number of ether oxygens (including phenoxy) is 1. The van der Waals surface area contributed by atoms with E-state index in [1.54, 1.807) is 18.4 Å². The number of thiazole rings is 1. The van der Waals surface area contributed by atoms with Crippen molar-refractivity contribution in [2.75, 3.05) is 19.0 Å². The second-order valence-electron chi connectivity index (χ2n) is 4.67. The van der Waals surface area contributed by atoms with E-state index in [4.69, 9.17) is 4.74 Å². The third-order valence-electron chi connectivity index (χ3n) is 2.77. The third kappa shape index (κ3) is 4.58. The van der Waals surface area contributed by atoms with Gasteiger partial charge in [-0.05, 0) is 35.9 Å². The van der Waals surface area contributed by atoms with Gasteiger partial charge in [-0.1, -0.05) is 6.92 Å². The molecule has 2 aromatic heterocycles. The Hall–Kier alpha value is -0.800. The molecule has 0 unspecified atom stereocenters. The molecule has 21 heavy (non-hydrogen) atoms. The molecule has 0 aliphatic carbocycles. The first-order valence-electron chi connectivity index (χ1n) is 6.83. The van der Waals surface area contributed by atoms with Gasteiger partial charge in [-0.15, -0.1) is 11.3 Å². The van der Waals surface area contributed by atoms with Crippen molar-refractivity contribution in [3.05, 3.63) is 31.2 Å². The molecular formula is C14H19IN4OS. The molecule has 0 bridgehead atoms. The van der Waals surface area contributed by atoms with E-state index in [1.165, 1.54) is 0 Å². The maximum Gasteiger partial charge on any atom is 0.143 e. The minimum atomic E-state index is 0.492. The van der Waals surface area contributed by atoms with Gasteiger partial charge in [-0.3, -0.25) is 0 Å². The van der Waals surface area contributed by atoms with Crippen molar-refractivity contribution in [2.24, 2.45) is 0 Å². The molecule has 0 aromatic carbocycles. The maximum absolute atomic E-state index is 5.24. The number of nitrogens with one attached hydrogen (secondary N) is 1. The standard InChI is InChI=1S/C14H19IN4OS/c1-4-5-16-14-13(15)10(7-20-3)18-11(19-14)6-12-17-9(2)8-21-12/h8H,4-7H2,1-3H3,(H,16,18,19). The van der Waals surface area contributed by atoms with Crippen LogP contribution in [0.3, 0.4) is 0 Å². The topological polar surface area (TPSA) is 59.9 Å². The Morgan fingerprint density at radius 2 is 2.14 bits per heavy atom. The lowest BCUT2D eigenvalue weighted by atomic mass is 10.3. The molecule has 1 N–H and O–H groups in total. The second-order valence-corrected chi connectivity index (χ2v) is 6.69. The maximum atomic E-state index is 5.24. The van der Waals surface area contributed by atoms with E-state index in [9.17, 15) is 0 Å². The van der Waals surface area contributed by atoms with Crippen LogP contribution in [-0.4, -0.2) is 28.6 Å². The summed E-state index contributed by atoms with van der Waals surface area (Å²) in [5, 5.41) is 6.45. The van der Waals surface area contributed by atoms with Crippen molar-refractivity contribution in [1.82, 2.24) is 15.0 Å². The number of aryl methyl sites for hydroxylation is 1. The van der Waals surface area contributed by atoms with Gasteiger partial charge in [0.15, 0.2) is 0 Å². The minimum absolute atomic E-state index is 0.492. The Morgan fingerprint density at radius 1 is 1.33 bits per heavy atom. The van der Waals surface area contributed by atoms with Crippen molar-refractivity contribution >= 4 is 39.7 Å². The lowest BCUT2D eigenvalue weighted by molar-refractivity contribution is 0.180.